The second-order valence-electron chi connectivity index (χ2n) is 15.7. The summed E-state index contributed by atoms with van der Waals surface area (Å²) in [6, 6.07) is 20.0. The number of aldehydes is 1. The monoisotopic (exact) mass is 787 g/mol. The van der Waals surface area contributed by atoms with E-state index < -0.39 is 36.0 Å². The lowest BCUT2D eigenvalue weighted by atomic mass is 9.91. The molecule has 0 spiro atoms. The van der Waals surface area contributed by atoms with E-state index in [0.717, 1.165) is 18.3 Å². The van der Waals surface area contributed by atoms with Crippen LogP contribution in [0.5, 0.6) is 0 Å². The molecule has 3 N–H and O–H groups in total. The lowest BCUT2D eigenvalue weighted by molar-refractivity contribution is -0.136. The number of carbonyl (C=O) groups is 3. The molecule has 56 heavy (non-hydrogen) atoms. The quantitative estimate of drug-likeness (QED) is 0.0471. The van der Waals surface area contributed by atoms with Gasteiger partial charge in [0.15, 0.2) is 0 Å². The van der Waals surface area contributed by atoms with E-state index in [2.05, 4.69) is 33.0 Å². The first-order valence-electron chi connectivity index (χ1n) is 19.5. The van der Waals surface area contributed by atoms with Crippen LogP contribution < -0.4 is 5.32 Å². The molecule has 1 amide bonds. The van der Waals surface area contributed by atoms with Crippen molar-refractivity contribution in [3.63, 3.8) is 0 Å². The Hall–Kier alpha value is -3.65. The number of rotatable bonds is 24. The van der Waals surface area contributed by atoms with Crippen molar-refractivity contribution in [2.75, 3.05) is 46.8 Å². The largest absolute Gasteiger partial charge is 0.464 e. The maximum atomic E-state index is 12.1. The number of esters is 1. The minimum Gasteiger partial charge on any atom is -0.464 e. The van der Waals surface area contributed by atoms with Crippen LogP contribution in [0.15, 0.2) is 72.4 Å². The molecule has 0 bridgehead atoms. The van der Waals surface area contributed by atoms with Crippen LogP contribution in [0.4, 0.5) is 4.79 Å². The highest BCUT2D eigenvalue weighted by atomic mass is 16.6. The SMILES string of the molecule is CC(C)CO[C@H]([C@H](COCC=O)Cc1ccccc1)[C@H](C)O.COC(=O)/C(=C/COC[C@H](Cc1ccccc1)[C@@H](OCC(C)C)[C@H](C)O)NC(=O)OC(C)(C)C. The van der Waals surface area contributed by atoms with E-state index in [0.29, 0.717) is 38.1 Å². The number of hydrogen-bond donors (Lipinski definition) is 3. The molecule has 316 valence electrons. The molecule has 0 unspecified atom stereocenters. The van der Waals surface area contributed by atoms with Crippen molar-refractivity contribution >= 4 is 18.3 Å². The van der Waals surface area contributed by atoms with Gasteiger partial charge in [0.2, 0.25) is 0 Å². The third-order valence-electron chi connectivity index (χ3n) is 8.10. The summed E-state index contributed by atoms with van der Waals surface area (Å²) in [7, 11) is 1.23. The molecule has 12 nitrogen and oxygen atoms in total. The Morgan fingerprint density at radius 3 is 1.48 bits per heavy atom. The van der Waals surface area contributed by atoms with Crippen LogP contribution in [-0.4, -0.2) is 105 Å². The third kappa shape index (κ3) is 22.8. The molecule has 0 saturated heterocycles. The second-order valence-corrected chi connectivity index (χ2v) is 15.7. The Kier molecular flexibility index (Phi) is 25.1. The fourth-order valence-electron chi connectivity index (χ4n) is 5.66. The lowest BCUT2D eigenvalue weighted by Gasteiger charge is -2.30. The molecule has 6 atom stereocenters. The average molecular weight is 788 g/mol. The number of alkyl carbamates (subject to hydrolysis) is 1. The molecule has 2 aromatic rings. The normalized spacial score (nSPS) is 15.1. The molecule has 2 rings (SSSR count). The molecule has 0 aliphatic carbocycles. The first kappa shape index (κ1) is 50.4. The van der Waals surface area contributed by atoms with E-state index in [-0.39, 0.29) is 43.5 Å². The Morgan fingerprint density at radius 2 is 1.12 bits per heavy atom. The minimum atomic E-state index is -0.762. The van der Waals surface area contributed by atoms with Crippen molar-refractivity contribution < 1.29 is 53.0 Å². The second kappa shape index (κ2) is 27.9. The van der Waals surface area contributed by atoms with Gasteiger partial charge in [-0.15, -0.1) is 0 Å². The van der Waals surface area contributed by atoms with Gasteiger partial charge in [0.25, 0.3) is 0 Å². The Morgan fingerprint density at radius 1 is 0.696 bits per heavy atom. The van der Waals surface area contributed by atoms with Crippen LogP contribution in [-0.2, 0) is 50.9 Å². The van der Waals surface area contributed by atoms with E-state index in [9.17, 15) is 24.6 Å². The van der Waals surface area contributed by atoms with Gasteiger partial charge in [-0.05, 0) is 76.5 Å². The van der Waals surface area contributed by atoms with Crippen molar-refractivity contribution in [1.29, 1.82) is 0 Å². The van der Waals surface area contributed by atoms with Gasteiger partial charge in [0, 0.05) is 25.0 Å². The number of amides is 1. The predicted molar refractivity (Wildman–Crippen MR) is 217 cm³/mol. The van der Waals surface area contributed by atoms with Crippen molar-refractivity contribution in [2.45, 2.75) is 105 Å². The van der Waals surface area contributed by atoms with Gasteiger partial charge in [-0.2, -0.15) is 0 Å². The molecule has 0 radical (unpaired) electrons. The molecule has 2 aromatic carbocycles. The van der Waals surface area contributed by atoms with Crippen LogP contribution in [0.2, 0.25) is 0 Å². The zero-order chi connectivity index (χ0) is 42.1. The highest BCUT2D eigenvalue weighted by Crippen LogP contribution is 2.21. The summed E-state index contributed by atoms with van der Waals surface area (Å²) in [5, 5.41) is 22.9. The number of carbonyl (C=O) groups excluding carboxylic acids is 3. The Balaban J connectivity index is 0.000000614. The number of nitrogens with one attached hydrogen (secondary N) is 1. The van der Waals surface area contributed by atoms with Gasteiger partial charge in [0.05, 0.1) is 51.3 Å². The smallest absolute Gasteiger partial charge is 0.412 e. The molecule has 0 aliphatic rings. The summed E-state index contributed by atoms with van der Waals surface area (Å²) >= 11 is 0. The summed E-state index contributed by atoms with van der Waals surface area (Å²) in [6.07, 6.45) is 0.792. The molecular weight excluding hydrogens is 718 g/mol. The maximum absolute atomic E-state index is 12.1. The predicted octanol–water partition coefficient (Wildman–Crippen LogP) is 6.35. The first-order chi connectivity index (χ1) is 26.5. The minimum absolute atomic E-state index is 0.00102. The molecule has 12 heteroatoms. The summed E-state index contributed by atoms with van der Waals surface area (Å²) in [5.74, 6) is -0.119. The third-order valence-corrected chi connectivity index (χ3v) is 8.10. The number of aliphatic hydroxyl groups excluding tert-OH is 2. The van der Waals surface area contributed by atoms with E-state index in [4.69, 9.17) is 28.4 Å². The van der Waals surface area contributed by atoms with E-state index in [1.807, 2.05) is 60.7 Å². The summed E-state index contributed by atoms with van der Waals surface area (Å²) in [6.45, 7) is 18.8. The van der Waals surface area contributed by atoms with Crippen LogP contribution in [0.1, 0.15) is 73.4 Å². The van der Waals surface area contributed by atoms with Gasteiger partial charge < -0.3 is 43.4 Å². The fraction of sp³-hybridized carbons (Fsp3) is 0.614. The van der Waals surface area contributed by atoms with Crippen LogP contribution >= 0.6 is 0 Å². The number of benzene rings is 2. The van der Waals surface area contributed by atoms with E-state index in [1.54, 1.807) is 34.6 Å². The standard InChI is InChI=1S/C26H41NO7.C18H28O4/c1-18(2)16-33-23(19(3)28)21(15-20-11-9-8-10-12-20)17-32-14-13-22(24(29)31-7)27-25(30)34-26(4,5)6;1-14(2)12-22-18(15(3)20)17(13-21-10-9-19)11-16-7-5-4-6-8-16/h8-13,18-19,21,23,28H,14-17H2,1-7H3,(H,27,30);4-9,14-15,17-18,20H,10-13H2,1-3H3/b22-13-;/t19-,21-,23-;15-,17-,18-/m00/s1. The fourth-order valence-corrected chi connectivity index (χ4v) is 5.66. The van der Waals surface area contributed by atoms with Gasteiger partial charge in [-0.25, -0.2) is 9.59 Å². The van der Waals surface area contributed by atoms with Gasteiger partial charge >= 0.3 is 12.1 Å². The van der Waals surface area contributed by atoms with Gasteiger partial charge in [-0.3, -0.25) is 5.32 Å². The molecule has 0 saturated carbocycles. The van der Waals surface area contributed by atoms with Crippen LogP contribution in [0.3, 0.4) is 0 Å². The Labute approximate surface area is 335 Å². The molecule has 0 aliphatic heterocycles. The summed E-state index contributed by atoms with van der Waals surface area (Å²) < 4.78 is 33.1. The van der Waals surface area contributed by atoms with Crippen molar-refractivity contribution in [3.8, 4) is 0 Å². The maximum Gasteiger partial charge on any atom is 0.412 e. The highest BCUT2D eigenvalue weighted by molar-refractivity contribution is 5.92. The van der Waals surface area contributed by atoms with Gasteiger partial charge in [0.1, 0.15) is 24.2 Å². The molecule has 0 aromatic heterocycles. The van der Waals surface area contributed by atoms with E-state index >= 15 is 0 Å². The number of hydrogen-bond acceptors (Lipinski definition) is 11. The van der Waals surface area contributed by atoms with Gasteiger partial charge in [-0.1, -0.05) is 88.4 Å². The molecule has 0 heterocycles. The first-order valence-corrected chi connectivity index (χ1v) is 19.5. The summed E-state index contributed by atoms with van der Waals surface area (Å²) in [5.41, 5.74) is 1.49. The zero-order valence-electron chi connectivity index (χ0n) is 35.3. The number of aliphatic hydroxyl groups is 2. The number of ether oxygens (including phenoxy) is 6. The lowest BCUT2D eigenvalue weighted by Crippen LogP contribution is -2.39. The Bertz CT molecular complexity index is 1370. The number of methoxy groups -OCH3 is 1. The topological polar surface area (TPSA) is 159 Å². The summed E-state index contributed by atoms with van der Waals surface area (Å²) in [4.78, 5) is 34.6. The molecule has 0 fully saturated rings. The highest BCUT2D eigenvalue weighted by Gasteiger charge is 2.29. The van der Waals surface area contributed by atoms with Crippen LogP contribution in [0, 0.1) is 23.7 Å². The van der Waals surface area contributed by atoms with Crippen molar-refractivity contribution in [1.82, 2.24) is 5.32 Å². The average Bonchev–Trinajstić information content (AvgIpc) is 3.12. The molecular formula is C44H69NO11. The van der Waals surface area contributed by atoms with Crippen molar-refractivity contribution in [3.05, 3.63) is 83.6 Å². The zero-order valence-corrected chi connectivity index (χ0v) is 35.3. The van der Waals surface area contributed by atoms with Crippen LogP contribution in [0.25, 0.3) is 0 Å². The van der Waals surface area contributed by atoms with Crippen molar-refractivity contribution in [2.24, 2.45) is 23.7 Å². The van der Waals surface area contributed by atoms with E-state index in [1.165, 1.54) is 18.7 Å².